The Hall–Kier alpha value is -2.69. The SMILES string of the molecule is COC(=O)c1cc(C(C)=O)cn(-c2ccccc2)c1=O. The quantitative estimate of drug-likeness (QED) is 0.631. The van der Waals surface area contributed by atoms with Crippen LogP contribution in [-0.2, 0) is 4.74 Å². The third-order valence-corrected chi connectivity index (χ3v) is 2.86. The summed E-state index contributed by atoms with van der Waals surface area (Å²) in [6.45, 7) is 1.37. The number of nitrogens with zero attached hydrogens (tertiary/aromatic N) is 1. The molecule has 1 aromatic carbocycles. The van der Waals surface area contributed by atoms with Gasteiger partial charge in [0.1, 0.15) is 5.56 Å². The summed E-state index contributed by atoms with van der Waals surface area (Å²) in [4.78, 5) is 35.5. The first-order chi connectivity index (χ1) is 9.54. The number of ketones is 1. The van der Waals surface area contributed by atoms with Gasteiger partial charge in [-0.2, -0.15) is 0 Å². The van der Waals surface area contributed by atoms with Gasteiger partial charge >= 0.3 is 5.97 Å². The van der Waals surface area contributed by atoms with Gasteiger partial charge in [0, 0.05) is 17.4 Å². The molecule has 5 heteroatoms. The molecule has 0 radical (unpaired) electrons. The lowest BCUT2D eigenvalue weighted by Gasteiger charge is -2.09. The van der Waals surface area contributed by atoms with E-state index in [9.17, 15) is 14.4 Å². The van der Waals surface area contributed by atoms with E-state index in [4.69, 9.17) is 0 Å². The molecule has 0 saturated heterocycles. The smallest absolute Gasteiger partial charge is 0.343 e. The van der Waals surface area contributed by atoms with Crippen molar-refractivity contribution in [1.82, 2.24) is 4.57 Å². The van der Waals surface area contributed by atoms with E-state index < -0.39 is 11.5 Å². The molecular formula is C15H13NO4. The first-order valence-electron chi connectivity index (χ1n) is 5.96. The topological polar surface area (TPSA) is 65.4 Å². The number of carbonyl (C=O) groups excluding carboxylic acids is 2. The minimum absolute atomic E-state index is 0.163. The summed E-state index contributed by atoms with van der Waals surface area (Å²) < 4.78 is 5.85. The molecule has 20 heavy (non-hydrogen) atoms. The molecule has 5 nitrogen and oxygen atoms in total. The lowest BCUT2D eigenvalue weighted by Crippen LogP contribution is -2.26. The molecule has 2 rings (SSSR count). The number of pyridine rings is 1. The van der Waals surface area contributed by atoms with E-state index >= 15 is 0 Å². The second kappa shape index (κ2) is 5.52. The molecule has 0 unspecified atom stereocenters. The molecule has 0 fully saturated rings. The molecule has 2 aromatic rings. The Morgan fingerprint density at radius 1 is 1.15 bits per heavy atom. The highest BCUT2D eigenvalue weighted by molar-refractivity contribution is 5.97. The molecule has 0 aliphatic rings. The monoisotopic (exact) mass is 271 g/mol. The van der Waals surface area contributed by atoms with Crippen molar-refractivity contribution < 1.29 is 14.3 Å². The number of para-hydroxylation sites is 1. The van der Waals surface area contributed by atoms with Gasteiger partial charge in [-0.25, -0.2) is 4.79 Å². The van der Waals surface area contributed by atoms with Crippen molar-refractivity contribution in [3.63, 3.8) is 0 Å². The zero-order chi connectivity index (χ0) is 14.7. The Kier molecular flexibility index (Phi) is 3.79. The van der Waals surface area contributed by atoms with Crippen LogP contribution in [0.4, 0.5) is 0 Å². The van der Waals surface area contributed by atoms with E-state index in [0.29, 0.717) is 5.69 Å². The van der Waals surface area contributed by atoms with Gasteiger partial charge in [0.25, 0.3) is 5.56 Å². The molecule has 102 valence electrons. The van der Waals surface area contributed by atoms with Crippen LogP contribution < -0.4 is 5.56 Å². The van der Waals surface area contributed by atoms with Gasteiger partial charge in [-0.3, -0.25) is 14.2 Å². The number of Topliss-reactive ketones (excluding diaryl/α,β-unsaturated/α-hetero) is 1. The van der Waals surface area contributed by atoms with Gasteiger partial charge in [-0.15, -0.1) is 0 Å². The van der Waals surface area contributed by atoms with Crippen LogP contribution in [0.25, 0.3) is 5.69 Å². The number of ether oxygens (including phenoxy) is 1. The van der Waals surface area contributed by atoms with E-state index in [-0.39, 0.29) is 16.9 Å². The maximum absolute atomic E-state index is 12.3. The predicted molar refractivity (Wildman–Crippen MR) is 73.4 cm³/mol. The summed E-state index contributed by atoms with van der Waals surface area (Å²) in [5.74, 6) is -0.998. The number of methoxy groups -OCH3 is 1. The molecule has 0 bridgehead atoms. The molecule has 0 atom stereocenters. The van der Waals surface area contributed by atoms with Gasteiger partial charge < -0.3 is 4.74 Å². The second-order valence-electron chi connectivity index (χ2n) is 4.20. The van der Waals surface area contributed by atoms with Crippen LogP contribution in [0.3, 0.4) is 0 Å². The first-order valence-corrected chi connectivity index (χ1v) is 5.96. The number of aromatic nitrogens is 1. The zero-order valence-electron chi connectivity index (χ0n) is 11.1. The van der Waals surface area contributed by atoms with Crippen molar-refractivity contribution in [1.29, 1.82) is 0 Å². The van der Waals surface area contributed by atoms with Crippen LogP contribution in [-0.4, -0.2) is 23.4 Å². The lowest BCUT2D eigenvalue weighted by molar-refractivity contribution is 0.0598. The Morgan fingerprint density at radius 3 is 2.35 bits per heavy atom. The molecule has 0 saturated carbocycles. The van der Waals surface area contributed by atoms with Gasteiger partial charge in [0.05, 0.1) is 7.11 Å². The van der Waals surface area contributed by atoms with E-state index in [1.165, 1.54) is 30.9 Å². The fourth-order valence-electron chi connectivity index (χ4n) is 1.81. The standard InChI is InChI=1S/C15H13NO4/c1-10(17)11-8-13(15(19)20-2)14(18)16(9-11)12-6-4-3-5-7-12/h3-9H,1-2H3. The van der Waals surface area contributed by atoms with Crippen molar-refractivity contribution in [3.8, 4) is 5.69 Å². The molecule has 0 aliphatic carbocycles. The number of hydrogen-bond acceptors (Lipinski definition) is 4. The number of carbonyl (C=O) groups is 2. The fourth-order valence-corrected chi connectivity index (χ4v) is 1.81. The summed E-state index contributed by atoms with van der Waals surface area (Å²) in [6.07, 6.45) is 1.42. The third kappa shape index (κ3) is 2.51. The number of esters is 1. The fraction of sp³-hybridized carbons (Fsp3) is 0.133. The Bertz CT molecular complexity index is 716. The van der Waals surface area contributed by atoms with Crippen LogP contribution in [0.1, 0.15) is 27.6 Å². The highest BCUT2D eigenvalue weighted by Gasteiger charge is 2.17. The highest BCUT2D eigenvalue weighted by atomic mass is 16.5. The number of hydrogen-bond donors (Lipinski definition) is 0. The van der Waals surface area contributed by atoms with Crippen LogP contribution in [0.5, 0.6) is 0 Å². The van der Waals surface area contributed by atoms with Crippen molar-refractivity contribution in [2.75, 3.05) is 7.11 Å². The van der Waals surface area contributed by atoms with E-state index in [0.717, 1.165) is 0 Å². The predicted octanol–water partition coefficient (Wildman–Crippen LogP) is 1.83. The van der Waals surface area contributed by atoms with Gasteiger partial charge in [-0.05, 0) is 25.1 Å². The number of benzene rings is 1. The molecule has 0 aliphatic heterocycles. The van der Waals surface area contributed by atoms with E-state index in [1.54, 1.807) is 24.3 Å². The average Bonchev–Trinajstić information content (AvgIpc) is 2.47. The Labute approximate surface area is 115 Å². The largest absolute Gasteiger partial charge is 0.465 e. The van der Waals surface area contributed by atoms with Crippen LogP contribution in [0.2, 0.25) is 0 Å². The number of rotatable bonds is 3. The van der Waals surface area contributed by atoms with Crippen molar-refractivity contribution in [2.24, 2.45) is 0 Å². The Balaban J connectivity index is 2.74. The first kappa shape index (κ1) is 13.7. The van der Waals surface area contributed by atoms with Crippen LogP contribution >= 0.6 is 0 Å². The van der Waals surface area contributed by atoms with E-state index in [2.05, 4.69) is 4.74 Å². The molecular weight excluding hydrogens is 258 g/mol. The van der Waals surface area contributed by atoms with Gasteiger partial charge in [0.15, 0.2) is 5.78 Å². The minimum atomic E-state index is -0.761. The van der Waals surface area contributed by atoms with Crippen molar-refractivity contribution >= 4 is 11.8 Å². The maximum Gasteiger partial charge on any atom is 0.343 e. The molecule has 1 aromatic heterocycles. The zero-order valence-corrected chi connectivity index (χ0v) is 11.1. The molecule has 0 N–H and O–H groups in total. The van der Waals surface area contributed by atoms with E-state index in [1.807, 2.05) is 6.07 Å². The summed E-state index contributed by atoms with van der Waals surface area (Å²) in [5.41, 5.74) is 0.164. The molecule has 0 spiro atoms. The summed E-state index contributed by atoms with van der Waals surface area (Å²) >= 11 is 0. The van der Waals surface area contributed by atoms with Crippen LogP contribution in [0, 0.1) is 0 Å². The lowest BCUT2D eigenvalue weighted by atomic mass is 10.1. The Morgan fingerprint density at radius 2 is 1.80 bits per heavy atom. The summed E-state index contributed by atoms with van der Waals surface area (Å²) in [7, 11) is 1.19. The highest BCUT2D eigenvalue weighted by Crippen LogP contribution is 2.09. The summed E-state index contributed by atoms with van der Waals surface area (Å²) in [6, 6.07) is 10.0. The average molecular weight is 271 g/mol. The van der Waals surface area contributed by atoms with Gasteiger partial charge in [0.2, 0.25) is 0 Å². The van der Waals surface area contributed by atoms with Crippen LogP contribution in [0.15, 0.2) is 47.4 Å². The minimum Gasteiger partial charge on any atom is -0.465 e. The van der Waals surface area contributed by atoms with Crippen molar-refractivity contribution in [3.05, 3.63) is 64.1 Å². The van der Waals surface area contributed by atoms with Gasteiger partial charge in [-0.1, -0.05) is 18.2 Å². The van der Waals surface area contributed by atoms with Crippen molar-refractivity contribution in [2.45, 2.75) is 6.92 Å². The maximum atomic E-state index is 12.3. The normalized spacial score (nSPS) is 10.1. The molecule has 1 heterocycles. The second-order valence-corrected chi connectivity index (χ2v) is 4.20. The third-order valence-electron chi connectivity index (χ3n) is 2.86. The summed E-state index contributed by atoms with van der Waals surface area (Å²) in [5, 5.41) is 0. The molecule has 0 amide bonds.